The first-order valence-electron chi connectivity index (χ1n) is 6.42. The first kappa shape index (κ1) is 13.7. The molecule has 0 amide bonds. The van der Waals surface area contributed by atoms with E-state index in [9.17, 15) is 18.3 Å². The topological polar surface area (TPSA) is 72.0 Å². The summed E-state index contributed by atoms with van der Waals surface area (Å²) in [6.45, 7) is 0. The van der Waals surface area contributed by atoms with Crippen molar-refractivity contribution in [3.63, 3.8) is 0 Å². The van der Waals surface area contributed by atoms with Gasteiger partial charge in [-0.15, -0.1) is 10.2 Å². The van der Waals surface area contributed by atoms with Crippen molar-refractivity contribution in [3.8, 4) is 17.0 Å². The second-order valence-electron chi connectivity index (χ2n) is 4.97. The molecule has 0 atom stereocenters. The summed E-state index contributed by atoms with van der Waals surface area (Å²) < 4.78 is 37.9. The maximum absolute atomic E-state index is 12.6. The molecule has 21 heavy (non-hydrogen) atoms. The SMILES string of the molecule is Nc1nnc(-c2ccc(C(F)(F)F)cc2O)c2c1CCC2. The molecule has 7 heteroatoms. The molecule has 1 aromatic heterocycles. The van der Waals surface area contributed by atoms with Crippen molar-refractivity contribution < 1.29 is 18.3 Å². The van der Waals surface area contributed by atoms with Crippen LogP contribution in [0.15, 0.2) is 18.2 Å². The van der Waals surface area contributed by atoms with Crippen molar-refractivity contribution in [2.75, 3.05) is 5.73 Å². The van der Waals surface area contributed by atoms with E-state index in [1.54, 1.807) is 0 Å². The Morgan fingerprint density at radius 2 is 1.81 bits per heavy atom. The largest absolute Gasteiger partial charge is 0.507 e. The van der Waals surface area contributed by atoms with Gasteiger partial charge in [0, 0.05) is 11.1 Å². The van der Waals surface area contributed by atoms with Crippen LogP contribution in [0.3, 0.4) is 0 Å². The quantitative estimate of drug-likeness (QED) is 0.848. The number of alkyl halides is 3. The Morgan fingerprint density at radius 3 is 2.48 bits per heavy atom. The van der Waals surface area contributed by atoms with Crippen LogP contribution >= 0.6 is 0 Å². The summed E-state index contributed by atoms with van der Waals surface area (Å²) in [6, 6.07) is 2.85. The number of anilines is 1. The minimum Gasteiger partial charge on any atom is -0.507 e. The smallest absolute Gasteiger partial charge is 0.416 e. The predicted octanol–water partition coefficient (Wildman–Crippen LogP) is 2.94. The van der Waals surface area contributed by atoms with Gasteiger partial charge in [0.1, 0.15) is 17.3 Å². The molecule has 0 unspecified atom stereocenters. The molecule has 4 nitrogen and oxygen atoms in total. The number of phenolic OH excluding ortho intramolecular Hbond substituents is 1. The fourth-order valence-electron chi connectivity index (χ4n) is 2.64. The van der Waals surface area contributed by atoms with Crippen molar-refractivity contribution >= 4 is 5.82 Å². The van der Waals surface area contributed by atoms with Gasteiger partial charge in [-0.3, -0.25) is 0 Å². The number of hydrogen-bond donors (Lipinski definition) is 2. The third kappa shape index (κ3) is 2.28. The Balaban J connectivity index is 2.13. The minimum atomic E-state index is -4.50. The van der Waals surface area contributed by atoms with Crippen LogP contribution < -0.4 is 5.73 Å². The lowest BCUT2D eigenvalue weighted by molar-refractivity contribution is -0.137. The molecule has 2 aromatic rings. The fraction of sp³-hybridized carbons (Fsp3) is 0.286. The Bertz CT molecular complexity index is 713. The maximum Gasteiger partial charge on any atom is 0.416 e. The number of phenols is 1. The molecule has 0 radical (unpaired) electrons. The van der Waals surface area contributed by atoms with Crippen LogP contribution in [0.4, 0.5) is 19.0 Å². The molecular formula is C14H12F3N3O. The second kappa shape index (κ2) is 4.61. The molecule has 0 saturated heterocycles. The summed E-state index contributed by atoms with van der Waals surface area (Å²) in [4.78, 5) is 0. The number of fused-ring (bicyclic) bond motifs is 1. The lowest BCUT2D eigenvalue weighted by Gasteiger charge is -2.12. The maximum atomic E-state index is 12.6. The predicted molar refractivity (Wildman–Crippen MR) is 70.6 cm³/mol. The van der Waals surface area contributed by atoms with Crippen LogP contribution in [0.1, 0.15) is 23.1 Å². The molecule has 0 bridgehead atoms. The molecular weight excluding hydrogens is 283 g/mol. The zero-order valence-corrected chi connectivity index (χ0v) is 10.9. The Kier molecular flexibility index (Phi) is 3.00. The summed E-state index contributed by atoms with van der Waals surface area (Å²) >= 11 is 0. The van der Waals surface area contributed by atoms with E-state index in [-0.39, 0.29) is 5.56 Å². The summed E-state index contributed by atoms with van der Waals surface area (Å²) in [7, 11) is 0. The highest BCUT2D eigenvalue weighted by Crippen LogP contribution is 2.39. The number of benzene rings is 1. The third-order valence-electron chi connectivity index (χ3n) is 3.65. The molecule has 1 aliphatic rings. The van der Waals surface area contributed by atoms with Crippen LogP contribution in [-0.2, 0) is 19.0 Å². The van der Waals surface area contributed by atoms with Crippen molar-refractivity contribution in [1.82, 2.24) is 10.2 Å². The number of hydrogen-bond acceptors (Lipinski definition) is 4. The first-order valence-corrected chi connectivity index (χ1v) is 6.42. The summed E-state index contributed by atoms with van der Waals surface area (Å²) in [5, 5.41) is 17.7. The Labute approximate surface area is 118 Å². The molecule has 3 rings (SSSR count). The molecule has 1 aliphatic carbocycles. The van der Waals surface area contributed by atoms with Crippen LogP contribution in [0.5, 0.6) is 5.75 Å². The van der Waals surface area contributed by atoms with Gasteiger partial charge in [-0.1, -0.05) is 0 Å². The number of rotatable bonds is 1. The Morgan fingerprint density at radius 1 is 1.10 bits per heavy atom. The van der Waals surface area contributed by atoms with Crippen molar-refractivity contribution in [2.24, 2.45) is 0 Å². The van der Waals surface area contributed by atoms with Gasteiger partial charge in [-0.05, 0) is 43.0 Å². The van der Waals surface area contributed by atoms with Crippen LogP contribution in [0.25, 0.3) is 11.3 Å². The first-order chi connectivity index (χ1) is 9.88. The van der Waals surface area contributed by atoms with Gasteiger partial charge in [0.15, 0.2) is 0 Å². The molecule has 0 spiro atoms. The highest BCUT2D eigenvalue weighted by Gasteiger charge is 2.31. The molecule has 1 aromatic carbocycles. The minimum absolute atomic E-state index is 0.244. The van der Waals surface area contributed by atoms with Crippen LogP contribution in [0.2, 0.25) is 0 Å². The number of aromatic hydroxyl groups is 1. The monoisotopic (exact) mass is 295 g/mol. The van der Waals surface area contributed by atoms with Crippen LogP contribution in [-0.4, -0.2) is 15.3 Å². The van der Waals surface area contributed by atoms with Gasteiger partial charge in [0.2, 0.25) is 0 Å². The molecule has 0 fully saturated rings. The number of aromatic nitrogens is 2. The van der Waals surface area contributed by atoms with E-state index in [1.807, 2.05) is 0 Å². The van der Waals surface area contributed by atoms with Gasteiger partial charge in [0.25, 0.3) is 0 Å². The van der Waals surface area contributed by atoms with E-state index < -0.39 is 17.5 Å². The summed E-state index contributed by atoms with van der Waals surface area (Å²) in [5.74, 6) is -0.115. The number of nitrogens with two attached hydrogens (primary N) is 1. The fourth-order valence-corrected chi connectivity index (χ4v) is 2.64. The van der Waals surface area contributed by atoms with Gasteiger partial charge in [-0.2, -0.15) is 13.2 Å². The van der Waals surface area contributed by atoms with Crippen molar-refractivity contribution in [2.45, 2.75) is 25.4 Å². The molecule has 0 saturated carbocycles. The average molecular weight is 295 g/mol. The summed E-state index contributed by atoms with van der Waals surface area (Å²) in [5.41, 5.74) is 7.24. The molecule has 0 aliphatic heterocycles. The van der Waals surface area contributed by atoms with E-state index in [1.165, 1.54) is 6.07 Å². The second-order valence-corrected chi connectivity index (χ2v) is 4.97. The standard InChI is InChI=1S/C14H12F3N3O/c15-14(16,17)7-4-5-10(11(21)6-7)12-8-2-1-3-9(8)13(18)20-19-12/h4-6,21H,1-3H2,(H2,18,20). The van der Waals surface area contributed by atoms with Gasteiger partial charge in [-0.25, -0.2) is 0 Å². The van der Waals surface area contributed by atoms with E-state index in [4.69, 9.17) is 5.73 Å². The zero-order chi connectivity index (χ0) is 15.2. The van der Waals surface area contributed by atoms with E-state index >= 15 is 0 Å². The number of nitrogens with zero attached hydrogens (tertiary/aromatic N) is 2. The third-order valence-corrected chi connectivity index (χ3v) is 3.65. The molecule has 1 heterocycles. The van der Waals surface area contributed by atoms with Gasteiger partial charge < -0.3 is 10.8 Å². The van der Waals surface area contributed by atoms with E-state index in [0.29, 0.717) is 17.6 Å². The zero-order valence-electron chi connectivity index (χ0n) is 10.9. The van der Waals surface area contributed by atoms with Crippen molar-refractivity contribution in [1.29, 1.82) is 0 Å². The van der Waals surface area contributed by atoms with Gasteiger partial charge >= 0.3 is 6.18 Å². The Hall–Kier alpha value is -2.31. The van der Waals surface area contributed by atoms with E-state index in [2.05, 4.69) is 10.2 Å². The van der Waals surface area contributed by atoms with Crippen molar-refractivity contribution in [3.05, 3.63) is 34.9 Å². The molecule has 110 valence electrons. The highest BCUT2D eigenvalue weighted by atomic mass is 19.4. The number of nitrogen functional groups attached to an aromatic ring is 1. The average Bonchev–Trinajstić information content (AvgIpc) is 2.89. The molecule has 3 N–H and O–H groups in total. The lowest BCUT2D eigenvalue weighted by atomic mass is 10.0. The highest BCUT2D eigenvalue weighted by molar-refractivity contribution is 5.73. The van der Waals surface area contributed by atoms with E-state index in [0.717, 1.165) is 36.5 Å². The van der Waals surface area contributed by atoms with Crippen LogP contribution in [0, 0.1) is 0 Å². The van der Waals surface area contributed by atoms with Gasteiger partial charge in [0.05, 0.1) is 5.56 Å². The lowest BCUT2D eigenvalue weighted by Crippen LogP contribution is -2.05. The summed E-state index contributed by atoms with van der Waals surface area (Å²) in [6.07, 6.45) is -2.11. The number of halogens is 3. The normalized spacial score (nSPS) is 14.2.